The predicted molar refractivity (Wildman–Crippen MR) is 52.3 cm³/mol. The van der Waals surface area contributed by atoms with Crippen molar-refractivity contribution in [3.05, 3.63) is 30.1 Å². The Labute approximate surface area is 78.8 Å². The van der Waals surface area contributed by atoms with Gasteiger partial charge in [0, 0.05) is 6.20 Å². The highest BCUT2D eigenvalue weighted by atomic mass is 16.3. The van der Waals surface area contributed by atoms with E-state index in [0.29, 0.717) is 0 Å². The van der Waals surface area contributed by atoms with Gasteiger partial charge in [0.1, 0.15) is 0 Å². The lowest BCUT2D eigenvalue weighted by molar-refractivity contribution is 0.0385. The molecule has 13 heavy (non-hydrogen) atoms. The van der Waals surface area contributed by atoms with Crippen LogP contribution in [0.15, 0.2) is 24.4 Å². The Morgan fingerprint density at radius 1 is 1.46 bits per heavy atom. The Kier molecular flexibility index (Phi) is 3.01. The number of nitrogens with zero attached hydrogens (tertiary/aromatic N) is 1. The molecule has 0 spiro atoms. The number of aromatic nitrogens is 1. The Balaban J connectivity index is 2.92. The molecule has 1 atom stereocenters. The van der Waals surface area contributed by atoms with E-state index in [2.05, 4.69) is 10.3 Å². The molecular weight excluding hydrogens is 164 g/mol. The molecule has 3 nitrogen and oxygen atoms in total. The van der Waals surface area contributed by atoms with Crippen LogP contribution in [0.3, 0.4) is 0 Å². The summed E-state index contributed by atoms with van der Waals surface area (Å²) in [6.45, 7) is 3.53. The summed E-state index contributed by atoms with van der Waals surface area (Å²) in [4.78, 5) is 4.19. The van der Waals surface area contributed by atoms with Crippen molar-refractivity contribution in [1.82, 2.24) is 10.3 Å². The summed E-state index contributed by atoms with van der Waals surface area (Å²) < 4.78 is 0. The van der Waals surface area contributed by atoms with Gasteiger partial charge >= 0.3 is 0 Å². The highest BCUT2D eigenvalue weighted by Gasteiger charge is 2.27. The Morgan fingerprint density at radius 3 is 2.54 bits per heavy atom. The van der Waals surface area contributed by atoms with Gasteiger partial charge in [0.2, 0.25) is 0 Å². The van der Waals surface area contributed by atoms with Gasteiger partial charge in [-0.05, 0) is 33.0 Å². The quantitative estimate of drug-likeness (QED) is 0.732. The van der Waals surface area contributed by atoms with E-state index in [9.17, 15) is 5.11 Å². The van der Waals surface area contributed by atoms with Gasteiger partial charge < -0.3 is 10.4 Å². The number of hydrogen-bond donors (Lipinski definition) is 2. The first-order valence-corrected chi connectivity index (χ1v) is 4.36. The molecule has 0 saturated heterocycles. The van der Waals surface area contributed by atoms with Crippen LogP contribution in [-0.4, -0.2) is 22.7 Å². The summed E-state index contributed by atoms with van der Waals surface area (Å²) in [7, 11) is 1.82. The first-order valence-electron chi connectivity index (χ1n) is 4.36. The monoisotopic (exact) mass is 180 g/mol. The highest BCUT2D eigenvalue weighted by molar-refractivity contribution is 5.12. The van der Waals surface area contributed by atoms with E-state index in [4.69, 9.17) is 0 Å². The van der Waals surface area contributed by atoms with Crippen molar-refractivity contribution in [3.63, 3.8) is 0 Å². The van der Waals surface area contributed by atoms with Gasteiger partial charge in [0.25, 0.3) is 0 Å². The van der Waals surface area contributed by atoms with Crippen LogP contribution in [-0.2, 0) is 0 Å². The molecule has 0 radical (unpaired) electrons. The third-order valence-electron chi connectivity index (χ3n) is 1.98. The van der Waals surface area contributed by atoms with Crippen molar-refractivity contribution < 1.29 is 5.11 Å². The van der Waals surface area contributed by atoms with Crippen LogP contribution in [0.5, 0.6) is 0 Å². The minimum Gasteiger partial charge on any atom is -0.388 e. The van der Waals surface area contributed by atoms with Gasteiger partial charge in [-0.3, -0.25) is 4.98 Å². The molecule has 0 aliphatic heterocycles. The van der Waals surface area contributed by atoms with E-state index >= 15 is 0 Å². The number of aliphatic hydroxyl groups is 1. The molecule has 0 fully saturated rings. The number of nitrogens with one attached hydrogen (secondary N) is 1. The molecular formula is C10H16N2O. The Morgan fingerprint density at radius 2 is 2.15 bits per heavy atom. The van der Waals surface area contributed by atoms with E-state index in [1.54, 1.807) is 20.0 Å². The molecule has 0 aromatic carbocycles. The van der Waals surface area contributed by atoms with E-state index < -0.39 is 5.60 Å². The fourth-order valence-corrected chi connectivity index (χ4v) is 1.41. The summed E-state index contributed by atoms with van der Waals surface area (Å²) in [5.41, 5.74) is 0.0563. The predicted octanol–water partition coefficient (Wildman–Crippen LogP) is 1.11. The van der Waals surface area contributed by atoms with E-state index in [-0.39, 0.29) is 6.04 Å². The molecule has 0 amide bonds. The molecule has 72 valence electrons. The van der Waals surface area contributed by atoms with Crippen LogP contribution in [0.25, 0.3) is 0 Å². The van der Waals surface area contributed by atoms with Crippen LogP contribution in [0.1, 0.15) is 25.6 Å². The third kappa shape index (κ3) is 2.50. The minimum atomic E-state index is -0.802. The first kappa shape index (κ1) is 10.2. The van der Waals surface area contributed by atoms with E-state index in [0.717, 1.165) is 5.69 Å². The summed E-state index contributed by atoms with van der Waals surface area (Å²) in [5.74, 6) is 0. The Bertz CT molecular complexity index is 253. The average Bonchev–Trinajstić information content (AvgIpc) is 2.05. The number of likely N-dealkylation sites (N-methyl/N-ethyl adjacent to an activating group) is 1. The molecule has 0 aliphatic carbocycles. The normalized spacial score (nSPS) is 14.2. The lowest BCUT2D eigenvalue weighted by Crippen LogP contribution is -2.37. The number of rotatable bonds is 3. The lowest BCUT2D eigenvalue weighted by atomic mass is 9.96. The molecule has 1 heterocycles. The van der Waals surface area contributed by atoms with E-state index in [1.807, 2.05) is 25.2 Å². The van der Waals surface area contributed by atoms with Crippen molar-refractivity contribution >= 4 is 0 Å². The molecule has 0 bridgehead atoms. The minimum absolute atomic E-state index is 0.131. The molecule has 2 N–H and O–H groups in total. The van der Waals surface area contributed by atoms with Crippen molar-refractivity contribution in [2.45, 2.75) is 25.5 Å². The largest absolute Gasteiger partial charge is 0.388 e. The third-order valence-corrected chi connectivity index (χ3v) is 1.98. The van der Waals surface area contributed by atoms with Crippen LogP contribution < -0.4 is 5.32 Å². The van der Waals surface area contributed by atoms with Crippen molar-refractivity contribution in [3.8, 4) is 0 Å². The lowest BCUT2D eigenvalue weighted by Gasteiger charge is -2.28. The van der Waals surface area contributed by atoms with Gasteiger partial charge in [0.05, 0.1) is 17.3 Å². The molecule has 1 aromatic rings. The Hall–Kier alpha value is -0.930. The smallest absolute Gasteiger partial charge is 0.0800 e. The molecule has 1 unspecified atom stereocenters. The van der Waals surface area contributed by atoms with Gasteiger partial charge in [-0.15, -0.1) is 0 Å². The topological polar surface area (TPSA) is 45.2 Å². The SMILES string of the molecule is CNC(c1ccccn1)C(C)(C)O. The zero-order valence-corrected chi connectivity index (χ0v) is 8.28. The average molecular weight is 180 g/mol. The van der Waals surface area contributed by atoms with Crippen LogP contribution in [0.2, 0.25) is 0 Å². The van der Waals surface area contributed by atoms with Gasteiger partial charge in [0.15, 0.2) is 0 Å². The second-order valence-electron chi connectivity index (χ2n) is 3.63. The molecule has 3 heteroatoms. The molecule has 0 saturated carbocycles. The van der Waals surface area contributed by atoms with Crippen molar-refractivity contribution in [2.75, 3.05) is 7.05 Å². The maximum Gasteiger partial charge on any atom is 0.0800 e. The molecule has 1 rings (SSSR count). The standard InChI is InChI=1S/C10H16N2O/c1-10(2,13)9(11-3)8-6-4-5-7-12-8/h4-7,9,11,13H,1-3H3. The second-order valence-corrected chi connectivity index (χ2v) is 3.63. The van der Waals surface area contributed by atoms with Crippen LogP contribution >= 0.6 is 0 Å². The number of hydrogen-bond acceptors (Lipinski definition) is 3. The maximum atomic E-state index is 9.83. The molecule has 1 aromatic heterocycles. The second kappa shape index (κ2) is 3.85. The summed E-state index contributed by atoms with van der Waals surface area (Å²) in [5, 5.41) is 12.9. The van der Waals surface area contributed by atoms with Crippen molar-refractivity contribution in [1.29, 1.82) is 0 Å². The zero-order chi connectivity index (χ0) is 9.90. The maximum absolute atomic E-state index is 9.83. The van der Waals surface area contributed by atoms with Crippen LogP contribution in [0, 0.1) is 0 Å². The first-order chi connectivity index (χ1) is 6.05. The highest BCUT2D eigenvalue weighted by Crippen LogP contribution is 2.22. The molecule has 0 aliphatic rings. The van der Waals surface area contributed by atoms with Gasteiger partial charge in [-0.2, -0.15) is 0 Å². The summed E-state index contributed by atoms with van der Waals surface area (Å²) >= 11 is 0. The van der Waals surface area contributed by atoms with Gasteiger partial charge in [-0.1, -0.05) is 6.07 Å². The van der Waals surface area contributed by atoms with Gasteiger partial charge in [-0.25, -0.2) is 0 Å². The fraction of sp³-hybridized carbons (Fsp3) is 0.500. The number of pyridine rings is 1. The van der Waals surface area contributed by atoms with E-state index in [1.165, 1.54) is 0 Å². The summed E-state index contributed by atoms with van der Waals surface area (Å²) in [6.07, 6.45) is 1.73. The fourth-order valence-electron chi connectivity index (χ4n) is 1.41. The summed E-state index contributed by atoms with van der Waals surface area (Å²) in [6, 6.07) is 5.55. The van der Waals surface area contributed by atoms with Crippen molar-refractivity contribution in [2.24, 2.45) is 0 Å². The van der Waals surface area contributed by atoms with Crippen LogP contribution in [0.4, 0.5) is 0 Å². The zero-order valence-electron chi connectivity index (χ0n) is 8.28.